The maximum absolute atomic E-state index is 4.23. The molecule has 0 spiro atoms. The zero-order chi connectivity index (χ0) is 16.9. The second-order valence-electron chi connectivity index (χ2n) is 6.93. The summed E-state index contributed by atoms with van der Waals surface area (Å²) in [6, 6.07) is 15.4. The molecule has 2 heterocycles. The Kier molecular flexibility index (Phi) is 3.50. The second-order valence-corrected chi connectivity index (χ2v) is 7.99. The number of nitrogens with zero attached hydrogens (tertiary/aromatic N) is 2. The van der Waals surface area contributed by atoms with Gasteiger partial charge in [-0.3, -0.25) is 0 Å². The van der Waals surface area contributed by atoms with Crippen molar-refractivity contribution in [1.82, 2.24) is 4.98 Å². The summed E-state index contributed by atoms with van der Waals surface area (Å²) < 4.78 is 2.11. The van der Waals surface area contributed by atoms with Crippen LogP contribution in [0.15, 0.2) is 64.8 Å². The SMILES string of the molecule is Cc1ccc2c(c1-c1ccnc[n+]1C)Sc1ccccc1C2(C)C. The smallest absolute Gasteiger partial charge is 0.232 e. The molecule has 0 unspecified atom stereocenters. The van der Waals surface area contributed by atoms with E-state index < -0.39 is 0 Å². The van der Waals surface area contributed by atoms with Gasteiger partial charge in [0.2, 0.25) is 0 Å². The van der Waals surface area contributed by atoms with E-state index in [1.165, 1.54) is 37.7 Å². The number of hydrogen-bond acceptors (Lipinski definition) is 2. The van der Waals surface area contributed by atoms with Crippen molar-refractivity contribution in [2.45, 2.75) is 36.0 Å². The summed E-state index contributed by atoms with van der Waals surface area (Å²) in [5.74, 6) is 0. The van der Waals surface area contributed by atoms with Crippen LogP contribution in [-0.4, -0.2) is 4.98 Å². The highest BCUT2D eigenvalue weighted by Gasteiger charge is 2.35. The molecule has 0 radical (unpaired) electrons. The van der Waals surface area contributed by atoms with Gasteiger partial charge in [0.25, 0.3) is 6.33 Å². The molecule has 0 aliphatic carbocycles. The van der Waals surface area contributed by atoms with Crippen molar-refractivity contribution in [3.8, 4) is 11.3 Å². The molecule has 2 nitrogen and oxygen atoms in total. The molecule has 2 aromatic carbocycles. The fourth-order valence-corrected chi connectivity index (χ4v) is 5.22. The summed E-state index contributed by atoms with van der Waals surface area (Å²) in [5, 5.41) is 0. The predicted molar refractivity (Wildman–Crippen MR) is 98.3 cm³/mol. The van der Waals surface area contributed by atoms with E-state index in [1.54, 1.807) is 0 Å². The Morgan fingerprint density at radius 3 is 2.58 bits per heavy atom. The van der Waals surface area contributed by atoms with Crippen molar-refractivity contribution in [1.29, 1.82) is 0 Å². The minimum Gasteiger partial charge on any atom is -0.232 e. The Hall–Kier alpha value is -2.13. The molecule has 1 aliphatic heterocycles. The first kappa shape index (κ1) is 15.4. The first-order chi connectivity index (χ1) is 11.5. The van der Waals surface area contributed by atoms with Gasteiger partial charge in [-0.25, -0.2) is 4.57 Å². The van der Waals surface area contributed by atoms with Gasteiger partial charge < -0.3 is 0 Å². The molecule has 4 rings (SSSR count). The van der Waals surface area contributed by atoms with Crippen molar-refractivity contribution in [3.05, 3.63) is 71.7 Å². The molecule has 0 fully saturated rings. The third kappa shape index (κ3) is 2.19. The van der Waals surface area contributed by atoms with E-state index in [4.69, 9.17) is 0 Å². The molecule has 1 aromatic heterocycles. The number of benzene rings is 2. The lowest BCUT2D eigenvalue weighted by atomic mass is 9.76. The van der Waals surface area contributed by atoms with Crippen molar-refractivity contribution >= 4 is 11.8 Å². The summed E-state index contributed by atoms with van der Waals surface area (Å²) in [4.78, 5) is 6.97. The van der Waals surface area contributed by atoms with Crippen LogP contribution in [0.5, 0.6) is 0 Å². The average molecular weight is 333 g/mol. The molecule has 24 heavy (non-hydrogen) atoms. The molecule has 3 aromatic rings. The van der Waals surface area contributed by atoms with Crippen LogP contribution < -0.4 is 4.57 Å². The third-order valence-corrected chi connectivity index (χ3v) is 6.21. The summed E-state index contributed by atoms with van der Waals surface area (Å²) in [6.07, 6.45) is 3.75. The Morgan fingerprint density at radius 2 is 1.79 bits per heavy atom. The van der Waals surface area contributed by atoms with Gasteiger partial charge in [0.1, 0.15) is 11.9 Å². The van der Waals surface area contributed by atoms with E-state index in [9.17, 15) is 0 Å². The molecular formula is C21H21N2S+. The van der Waals surface area contributed by atoms with E-state index in [-0.39, 0.29) is 5.41 Å². The van der Waals surface area contributed by atoms with Crippen LogP contribution in [0.4, 0.5) is 0 Å². The molecule has 0 saturated heterocycles. The molecule has 0 bridgehead atoms. The lowest BCUT2D eigenvalue weighted by Gasteiger charge is -2.35. The van der Waals surface area contributed by atoms with Crippen molar-refractivity contribution in [2.75, 3.05) is 0 Å². The summed E-state index contributed by atoms with van der Waals surface area (Å²) in [7, 11) is 2.06. The summed E-state index contributed by atoms with van der Waals surface area (Å²) >= 11 is 1.90. The maximum atomic E-state index is 4.23. The Balaban J connectivity index is 2.03. The van der Waals surface area contributed by atoms with Gasteiger partial charge in [-0.05, 0) is 29.7 Å². The number of fused-ring (bicyclic) bond motifs is 2. The number of aromatic nitrogens is 2. The fraction of sp³-hybridized carbons (Fsp3) is 0.238. The highest BCUT2D eigenvalue weighted by Crippen LogP contribution is 2.52. The Morgan fingerprint density at radius 1 is 1.00 bits per heavy atom. The van der Waals surface area contributed by atoms with Gasteiger partial charge in [0.05, 0.1) is 7.05 Å². The molecule has 120 valence electrons. The van der Waals surface area contributed by atoms with E-state index in [2.05, 4.69) is 79.8 Å². The first-order valence-electron chi connectivity index (χ1n) is 8.21. The van der Waals surface area contributed by atoms with E-state index in [0.29, 0.717) is 0 Å². The van der Waals surface area contributed by atoms with Gasteiger partial charge in [-0.15, -0.1) is 0 Å². The van der Waals surface area contributed by atoms with E-state index in [0.717, 1.165) is 0 Å². The van der Waals surface area contributed by atoms with Gasteiger partial charge >= 0.3 is 0 Å². The highest BCUT2D eigenvalue weighted by molar-refractivity contribution is 7.99. The van der Waals surface area contributed by atoms with Gasteiger partial charge in [-0.2, -0.15) is 0 Å². The van der Waals surface area contributed by atoms with Crippen molar-refractivity contribution in [3.63, 3.8) is 0 Å². The molecule has 0 amide bonds. The number of aryl methyl sites for hydroxylation is 2. The van der Waals surface area contributed by atoms with Gasteiger partial charge in [-0.1, -0.05) is 60.9 Å². The van der Waals surface area contributed by atoms with Crippen LogP contribution in [-0.2, 0) is 12.5 Å². The first-order valence-corrected chi connectivity index (χ1v) is 9.03. The van der Waals surface area contributed by atoms with Crippen molar-refractivity contribution in [2.24, 2.45) is 7.05 Å². The molecule has 0 atom stereocenters. The topological polar surface area (TPSA) is 16.8 Å². The normalized spacial score (nSPS) is 14.8. The van der Waals surface area contributed by atoms with Crippen LogP contribution in [0.3, 0.4) is 0 Å². The van der Waals surface area contributed by atoms with Crippen LogP contribution in [0.25, 0.3) is 11.3 Å². The zero-order valence-corrected chi connectivity index (χ0v) is 15.3. The molecule has 1 aliphatic rings. The largest absolute Gasteiger partial charge is 0.286 e. The van der Waals surface area contributed by atoms with Gasteiger partial charge in [0.15, 0.2) is 0 Å². The molecule has 0 N–H and O–H groups in total. The zero-order valence-electron chi connectivity index (χ0n) is 14.5. The highest BCUT2D eigenvalue weighted by atomic mass is 32.2. The third-order valence-electron chi connectivity index (χ3n) is 5.01. The monoisotopic (exact) mass is 333 g/mol. The lowest BCUT2D eigenvalue weighted by Crippen LogP contribution is -2.32. The van der Waals surface area contributed by atoms with E-state index >= 15 is 0 Å². The number of rotatable bonds is 1. The Labute approximate surface area is 147 Å². The van der Waals surface area contributed by atoms with Crippen LogP contribution in [0, 0.1) is 6.92 Å². The van der Waals surface area contributed by atoms with Crippen LogP contribution >= 0.6 is 11.8 Å². The maximum Gasteiger partial charge on any atom is 0.286 e. The Bertz CT molecular complexity index is 944. The minimum absolute atomic E-state index is 0.00519. The van der Waals surface area contributed by atoms with E-state index in [1.807, 2.05) is 24.3 Å². The molecule has 0 saturated carbocycles. The van der Waals surface area contributed by atoms with Crippen LogP contribution in [0.1, 0.15) is 30.5 Å². The fourth-order valence-electron chi connectivity index (χ4n) is 3.62. The summed E-state index contributed by atoms with van der Waals surface area (Å²) in [5.41, 5.74) is 6.66. The molecular weight excluding hydrogens is 312 g/mol. The predicted octanol–water partition coefficient (Wildman–Crippen LogP) is 4.67. The number of hydrogen-bond donors (Lipinski definition) is 0. The van der Waals surface area contributed by atoms with Crippen molar-refractivity contribution < 1.29 is 4.57 Å². The van der Waals surface area contributed by atoms with Crippen LogP contribution in [0.2, 0.25) is 0 Å². The summed E-state index contributed by atoms with van der Waals surface area (Å²) in [6.45, 7) is 6.86. The standard InChI is InChI=1S/C21H21N2S/c1-14-9-10-16-20(19(14)17-11-12-22-13-23(17)4)24-18-8-6-5-7-15(18)21(16,2)3/h5-13H,1-4H3/q+1. The molecule has 3 heteroatoms. The average Bonchev–Trinajstić information content (AvgIpc) is 2.56. The van der Waals surface area contributed by atoms with Gasteiger partial charge in [0, 0.05) is 26.8 Å². The quantitative estimate of drug-likeness (QED) is 0.602. The lowest BCUT2D eigenvalue weighted by molar-refractivity contribution is -0.663. The second kappa shape index (κ2) is 5.45. The minimum atomic E-state index is 0.00519.